The molecule has 0 spiro atoms. The molecule has 0 aliphatic carbocycles. The molecule has 1 aromatic heterocycles. The van der Waals surface area contributed by atoms with E-state index in [1.54, 1.807) is 23.0 Å². The Bertz CT molecular complexity index is 695. The first-order valence-corrected chi connectivity index (χ1v) is 8.37. The Morgan fingerprint density at radius 3 is 3.04 bits per heavy atom. The smallest absolute Gasteiger partial charge is 0.229 e. The molecule has 1 aromatic carbocycles. The average Bonchev–Trinajstić information content (AvgIpc) is 2.99. The Balaban J connectivity index is 1.72. The molecule has 2 N–H and O–H groups in total. The van der Waals surface area contributed by atoms with Gasteiger partial charge in [-0.05, 0) is 31.0 Å². The summed E-state index contributed by atoms with van der Waals surface area (Å²) < 4.78 is 1.71. The summed E-state index contributed by atoms with van der Waals surface area (Å²) in [4.78, 5) is 12.4. The van der Waals surface area contributed by atoms with Crippen LogP contribution in [0.5, 0.6) is 0 Å². The van der Waals surface area contributed by atoms with Gasteiger partial charge in [0.25, 0.3) is 0 Å². The second-order valence-electron chi connectivity index (χ2n) is 5.62. The van der Waals surface area contributed by atoms with Crippen molar-refractivity contribution in [1.82, 2.24) is 15.1 Å². The van der Waals surface area contributed by atoms with Crippen molar-refractivity contribution in [2.24, 2.45) is 5.92 Å². The Hall–Kier alpha value is -1.56. The fourth-order valence-corrected chi connectivity index (χ4v) is 3.08. The van der Waals surface area contributed by atoms with Crippen molar-refractivity contribution >= 4 is 34.9 Å². The van der Waals surface area contributed by atoms with E-state index in [0.29, 0.717) is 22.4 Å². The molecule has 1 aliphatic heterocycles. The zero-order valence-electron chi connectivity index (χ0n) is 12.6. The highest BCUT2D eigenvalue weighted by Crippen LogP contribution is 2.26. The van der Waals surface area contributed by atoms with Gasteiger partial charge in [0.15, 0.2) is 0 Å². The first kappa shape index (κ1) is 16.3. The number of amides is 1. The van der Waals surface area contributed by atoms with Crippen LogP contribution < -0.4 is 10.6 Å². The molecule has 5 nitrogen and oxygen atoms in total. The molecule has 1 fully saturated rings. The number of carbonyl (C=O) groups excluding carboxylic acids is 1. The largest absolute Gasteiger partial charge is 0.316 e. The lowest BCUT2D eigenvalue weighted by atomic mass is 9.99. The highest BCUT2D eigenvalue weighted by Gasteiger charge is 2.22. The maximum atomic E-state index is 12.4. The third-order valence-corrected chi connectivity index (χ3v) is 4.85. The number of aromatic nitrogens is 2. The normalized spacial score (nSPS) is 17.9. The third kappa shape index (κ3) is 3.86. The lowest BCUT2D eigenvalue weighted by Crippen LogP contribution is -2.37. The molecule has 1 unspecified atom stereocenters. The van der Waals surface area contributed by atoms with E-state index in [2.05, 4.69) is 15.7 Å². The Kier molecular flexibility index (Phi) is 5.20. The number of hydrogen-bond donors (Lipinski definition) is 2. The first-order valence-electron chi connectivity index (χ1n) is 7.61. The summed E-state index contributed by atoms with van der Waals surface area (Å²) in [6, 6.07) is 7.27. The van der Waals surface area contributed by atoms with Crippen molar-refractivity contribution in [2.75, 3.05) is 18.4 Å². The van der Waals surface area contributed by atoms with Crippen LogP contribution >= 0.6 is 23.2 Å². The lowest BCUT2D eigenvalue weighted by Gasteiger charge is -2.22. The molecule has 23 heavy (non-hydrogen) atoms. The van der Waals surface area contributed by atoms with E-state index >= 15 is 0 Å². The summed E-state index contributed by atoms with van der Waals surface area (Å²) >= 11 is 12.3. The van der Waals surface area contributed by atoms with Crippen molar-refractivity contribution in [2.45, 2.75) is 19.4 Å². The van der Waals surface area contributed by atoms with Gasteiger partial charge in [-0.1, -0.05) is 35.3 Å². The summed E-state index contributed by atoms with van der Waals surface area (Å²) in [5, 5.41) is 11.5. The van der Waals surface area contributed by atoms with E-state index in [-0.39, 0.29) is 11.8 Å². The van der Waals surface area contributed by atoms with Crippen LogP contribution in [0.25, 0.3) is 0 Å². The molecular formula is C16H18Cl2N4O. The van der Waals surface area contributed by atoms with Crippen LogP contribution in [-0.2, 0) is 11.3 Å². The fourth-order valence-electron chi connectivity index (χ4n) is 2.70. The second-order valence-corrected chi connectivity index (χ2v) is 6.40. The van der Waals surface area contributed by atoms with Crippen LogP contribution in [0.2, 0.25) is 10.0 Å². The predicted octanol–water partition coefficient (Wildman–Crippen LogP) is 3.18. The number of hydrogen-bond acceptors (Lipinski definition) is 3. The quantitative estimate of drug-likeness (QED) is 0.888. The van der Waals surface area contributed by atoms with Crippen LogP contribution in [0.4, 0.5) is 5.82 Å². The number of benzene rings is 1. The molecule has 1 aliphatic rings. The number of carbonyl (C=O) groups is 1. The number of piperidine rings is 1. The topological polar surface area (TPSA) is 59.0 Å². The van der Waals surface area contributed by atoms with Gasteiger partial charge in [-0.25, -0.2) is 4.68 Å². The van der Waals surface area contributed by atoms with Crippen LogP contribution in [-0.4, -0.2) is 28.8 Å². The molecule has 1 amide bonds. The zero-order valence-corrected chi connectivity index (χ0v) is 14.1. The van der Waals surface area contributed by atoms with E-state index < -0.39 is 0 Å². The maximum Gasteiger partial charge on any atom is 0.229 e. The monoisotopic (exact) mass is 352 g/mol. The van der Waals surface area contributed by atoms with Crippen LogP contribution in [0.15, 0.2) is 30.5 Å². The minimum absolute atomic E-state index is 0.00172. The van der Waals surface area contributed by atoms with Gasteiger partial charge in [-0.2, -0.15) is 5.10 Å². The number of rotatable bonds is 4. The van der Waals surface area contributed by atoms with E-state index in [0.717, 1.165) is 31.5 Å². The number of nitrogens with one attached hydrogen (secondary N) is 2. The lowest BCUT2D eigenvalue weighted by molar-refractivity contribution is -0.120. The summed E-state index contributed by atoms with van der Waals surface area (Å²) in [6.07, 6.45) is 3.59. The maximum absolute atomic E-state index is 12.4. The molecule has 2 aromatic rings. The number of anilines is 1. The molecule has 1 saturated heterocycles. The minimum atomic E-state index is 0.00172. The van der Waals surface area contributed by atoms with Gasteiger partial charge in [0.05, 0.1) is 28.7 Å². The van der Waals surface area contributed by atoms with Crippen molar-refractivity contribution in [1.29, 1.82) is 0 Å². The number of halogens is 2. The molecule has 0 radical (unpaired) electrons. The second kappa shape index (κ2) is 7.34. The van der Waals surface area contributed by atoms with Crippen LogP contribution in [0.3, 0.4) is 0 Å². The molecule has 2 heterocycles. The molecule has 7 heteroatoms. The summed E-state index contributed by atoms with van der Waals surface area (Å²) in [6.45, 7) is 2.15. The van der Waals surface area contributed by atoms with Gasteiger partial charge in [0.2, 0.25) is 5.91 Å². The van der Waals surface area contributed by atoms with Crippen molar-refractivity contribution in [3.05, 3.63) is 46.1 Å². The fraction of sp³-hybridized carbons (Fsp3) is 0.375. The van der Waals surface area contributed by atoms with E-state index in [1.807, 2.05) is 12.1 Å². The van der Waals surface area contributed by atoms with Gasteiger partial charge in [0.1, 0.15) is 5.82 Å². The molecule has 122 valence electrons. The Morgan fingerprint density at radius 1 is 1.39 bits per heavy atom. The molecular weight excluding hydrogens is 335 g/mol. The van der Waals surface area contributed by atoms with Crippen LogP contribution in [0, 0.1) is 5.92 Å². The van der Waals surface area contributed by atoms with E-state index in [9.17, 15) is 4.79 Å². The highest BCUT2D eigenvalue weighted by atomic mass is 35.5. The molecule has 0 saturated carbocycles. The minimum Gasteiger partial charge on any atom is -0.316 e. The van der Waals surface area contributed by atoms with Crippen molar-refractivity contribution in [3.8, 4) is 0 Å². The average molecular weight is 353 g/mol. The van der Waals surface area contributed by atoms with Gasteiger partial charge in [0, 0.05) is 12.6 Å². The summed E-state index contributed by atoms with van der Waals surface area (Å²) in [5.74, 6) is 0.689. The Labute approximate surface area is 145 Å². The molecule has 0 bridgehead atoms. The third-order valence-electron chi connectivity index (χ3n) is 3.99. The van der Waals surface area contributed by atoms with Crippen molar-refractivity contribution < 1.29 is 4.79 Å². The first-order chi connectivity index (χ1) is 11.1. The van der Waals surface area contributed by atoms with Gasteiger partial charge in [-0.15, -0.1) is 0 Å². The molecule has 1 atom stereocenters. The van der Waals surface area contributed by atoms with Gasteiger partial charge in [-0.3, -0.25) is 4.79 Å². The standard InChI is InChI=1S/C16H18Cl2N4O/c17-13-5-1-3-12(15(13)18)10-22-14(6-8-20-22)21-16(23)11-4-2-7-19-9-11/h1,3,5-6,8,11,19H,2,4,7,9-10H2,(H,21,23). The zero-order chi connectivity index (χ0) is 16.2. The SMILES string of the molecule is O=C(Nc1ccnn1Cc1cccc(Cl)c1Cl)C1CCCNC1. The summed E-state index contributed by atoms with van der Waals surface area (Å²) in [5.41, 5.74) is 0.859. The van der Waals surface area contributed by atoms with Gasteiger partial charge >= 0.3 is 0 Å². The molecule has 3 rings (SSSR count). The highest BCUT2D eigenvalue weighted by molar-refractivity contribution is 6.42. The van der Waals surface area contributed by atoms with Crippen molar-refractivity contribution in [3.63, 3.8) is 0 Å². The van der Waals surface area contributed by atoms with Crippen LogP contribution in [0.1, 0.15) is 18.4 Å². The summed E-state index contributed by atoms with van der Waals surface area (Å²) in [7, 11) is 0. The van der Waals surface area contributed by atoms with E-state index in [1.165, 1.54) is 0 Å². The predicted molar refractivity (Wildman–Crippen MR) is 92.0 cm³/mol. The van der Waals surface area contributed by atoms with Gasteiger partial charge < -0.3 is 10.6 Å². The van der Waals surface area contributed by atoms with E-state index in [4.69, 9.17) is 23.2 Å². The Morgan fingerprint density at radius 2 is 2.26 bits per heavy atom. The number of nitrogens with zero attached hydrogens (tertiary/aromatic N) is 2.